The normalized spacial score (nSPS) is 21.2. The first-order valence-electron chi connectivity index (χ1n) is 6.52. The smallest absolute Gasteiger partial charge is 0.148 e. The lowest BCUT2D eigenvalue weighted by atomic mass is 10.0. The highest BCUT2D eigenvalue weighted by molar-refractivity contribution is 6.33. The van der Waals surface area contributed by atoms with Gasteiger partial charge >= 0.3 is 0 Å². The van der Waals surface area contributed by atoms with E-state index in [0.29, 0.717) is 22.7 Å². The van der Waals surface area contributed by atoms with Crippen LogP contribution >= 0.6 is 11.6 Å². The van der Waals surface area contributed by atoms with Gasteiger partial charge in [-0.1, -0.05) is 31.5 Å². The van der Waals surface area contributed by atoms with Crippen LogP contribution in [0.15, 0.2) is 18.2 Å². The minimum absolute atomic E-state index is 0.230. The number of hydrogen-bond donors (Lipinski definition) is 1. The van der Waals surface area contributed by atoms with Crippen molar-refractivity contribution in [3.8, 4) is 0 Å². The van der Waals surface area contributed by atoms with Crippen LogP contribution in [0.4, 0.5) is 10.1 Å². The van der Waals surface area contributed by atoms with Crippen LogP contribution < -0.4 is 10.2 Å². The average Bonchev–Trinajstić information content (AvgIpc) is 2.54. The van der Waals surface area contributed by atoms with Gasteiger partial charge in [0.05, 0.1) is 10.7 Å². The summed E-state index contributed by atoms with van der Waals surface area (Å²) in [6, 6.07) is 5.26. The van der Waals surface area contributed by atoms with E-state index >= 15 is 0 Å². The molecule has 0 radical (unpaired) electrons. The van der Waals surface area contributed by atoms with E-state index in [1.807, 2.05) is 0 Å². The minimum atomic E-state index is -0.230. The second kappa shape index (κ2) is 5.89. The molecular formula is C14H20ClFN2. The molecule has 0 aromatic heterocycles. The summed E-state index contributed by atoms with van der Waals surface area (Å²) < 4.78 is 13.9. The van der Waals surface area contributed by atoms with E-state index < -0.39 is 0 Å². The fraction of sp³-hybridized carbons (Fsp3) is 0.571. The average molecular weight is 271 g/mol. The maximum Gasteiger partial charge on any atom is 0.148 e. The van der Waals surface area contributed by atoms with E-state index in [4.69, 9.17) is 11.6 Å². The summed E-state index contributed by atoms with van der Waals surface area (Å²) in [6.07, 6.45) is 1.01. The molecule has 1 aliphatic heterocycles. The predicted molar refractivity (Wildman–Crippen MR) is 74.9 cm³/mol. The van der Waals surface area contributed by atoms with Crippen LogP contribution in [0.3, 0.4) is 0 Å². The van der Waals surface area contributed by atoms with Crippen molar-refractivity contribution in [1.82, 2.24) is 5.32 Å². The van der Waals surface area contributed by atoms with Crippen molar-refractivity contribution in [2.24, 2.45) is 5.92 Å². The van der Waals surface area contributed by atoms with Gasteiger partial charge in [-0.3, -0.25) is 0 Å². The summed E-state index contributed by atoms with van der Waals surface area (Å²) >= 11 is 6.14. The Labute approximate surface area is 113 Å². The summed E-state index contributed by atoms with van der Waals surface area (Å²) in [5.74, 6) is 0.294. The van der Waals surface area contributed by atoms with Crippen LogP contribution in [-0.2, 0) is 0 Å². The molecule has 18 heavy (non-hydrogen) atoms. The maximum absolute atomic E-state index is 13.9. The van der Waals surface area contributed by atoms with E-state index in [-0.39, 0.29) is 5.82 Å². The summed E-state index contributed by atoms with van der Waals surface area (Å²) in [5.41, 5.74) is 0.550. The zero-order chi connectivity index (χ0) is 13.1. The van der Waals surface area contributed by atoms with Crippen molar-refractivity contribution in [1.29, 1.82) is 0 Å². The van der Waals surface area contributed by atoms with Gasteiger partial charge in [-0.2, -0.15) is 0 Å². The van der Waals surface area contributed by atoms with Crippen LogP contribution in [0.5, 0.6) is 0 Å². The molecule has 4 heteroatoms. The third-order valence-corrected chi connectivity index (χ3v) is 3.79. The van der Waals surface area contributed by atoms with Gasteiger partial charge < -0.3 is 10.2 Å². The van der Waals surface area contributed by atoms with Crippen LogP contribution in [-0.4, -0.2) is 25.7 Å². The van der Waals surface area contributed by atoms with Gasteiger partial charge in [-0.05, 0) is 31.0 Å². The van der Waals surface area contributed by atoms with Gasteiger partial charge in [0.25, 0.3) is 0 Å². The first-order valence-corrected chi connectivity index (χ1v) is 6.89. The topological polar surface area (TPSA) is 15.3 Å². The Morgan fingerprint density at radius 1 is 1.44 bits per heavy atom. The van der Waals surface area contributed by atoms with Crippen molar-refractivity contribution in [3.63, 3.8) is 0 Å². The lowest BCUT2D eigenvalue weighted by molar-refractivity contribution is 0.419. The number of hydrogen-bond acceptors (Lipinski definition) is 2. The number of anilines is 1. The van der Waals surface area contributed by atoms with Crippen molar-refractivity contribution >= 4 is 17.3 Å². The second-order valence-corrected chi connectivity index (χ2v) is 5.58. The number of para-hydroxylation sites is 1. The molecule has 1 fully saturated rings. The molecular weight excluding hydrogens is 251 g/mol. The number of halogens is 2. The summed E-state index contributed by atoms with van der Waals surface area (Å²) in [5, 5.41) is 4.01. The van der Waals surface area contributed by atoms with Crippen LogP contribution in [0.1, 0.15) is 20.3 Å². The molecule has 1 aromatic carbocycles. The molecule has 0 saturated carbocycles. The quantitative estimate of drug-likeness (QED) is 0.887. The number of rotatable bonds is 2. The fourth-order valence-corrected chi connectivity index (χ4v) is 2.67. The fourth-order valence-electron chi connectivity index (χ4n) is 2.39. The third kappa shape index (κ3) is 2.96. The minimum Gasteiger partial charge on any atom is -0.366 e. The van der Waals surface area contributed by atoms with Crippen molar-refractivity contribution in [2.45, 2.75) is 26.3 Å². The Bertz CT molecular complexity index is 389. The first kappa shape index (κ1) is 13.6. The summed E-state index contributed by atoms with van der Waals surface area (Å²) in [7, 11) is 0. The largest absolute Gasteiger partial charge is 0.366 e. The lowest BCUT2D eigenvalue weighted by Gasteiger charge is -2.29. The molecule has 2 nitrogen and oxygen atoms in total. The van der Waals surface area contributed by atoms with Crippen LogP contribution in [0, 0.1) is 11.7 Å². The highest BCUT2D eigenvalue weighted by atomic mass is 35.5. The third-order valence-electron chi connectivity index (χ3n) is 3.49. The zero-order valence-corrected chi connectivity index (χ0v) is 11.7. The van der Waals surface area contributed by atoms with E-state index in [0.717, 1.165) is 26.1 Å². The number of benzene rings is 1. The monoisotopic (exact) mass is 270 g/mol. The van der Waals surface area contributed by atoms with Gasteiger partial charge in [-0.15, -0.1) is 0 Å². The molecule has 100 valence electrons. The molecule has 2 rings (SSSR count). The van der Waals surface area contributed by atoms with Crippen molar-refractivity contribution in [3.05, 3.63) is 29.0 Å². The Kier molecular flexibility index (Phi) is 4.46. The molecule has 0 spiro atoms. The molecule has 0 bridgehead atoms. The van der Waals surface area contributed by atoms with E-state index in [1.165, 1.54) is 6.07 Å². The number of nitrogens with zero attached hydrogens (tertiary/aromatic N) is 1. The first-order chi connectivity index (χ1) is 8.59. The summed E-state index contributed by atoms with van der Waals surface area (Å²) in [4.78, 5) is 2.07. The molecule has 1 aromatic rings. The van der Waals surface area contributed by atoms with E-state index in [2.05, 4.69) is 24.1 Å². The number of nitrogens with one attached hydrogen (secondary N) is 1. The van der Waals surface area contributed by atoms with Gasteiger partial charge in [0, 0.05) is 19.1 Å². The molecule has 0 aliphatic carbocycles. The van der Waals surface area contributed by atoms with E-state index in [9.17, 15) is 4.39 Å². The molecule has 1 heterocycles. The molecule has 1 aliphatic rings. The van der Waals surface area contributed by atoms with Gasteiger partial charge in [0.15, 0.2) is 0 Å². The highest BCUT2D eigenvalue weighted by Crippen LogP contribution is 2.30. The molecule has 1 atom stereocenters. The van der Waals surface area contributed by atoms with Gasteiger partial charge in [0.2, 0.25) is 0 Å². The summed E-state index contributed by atoms with van der Waals surface area (Å²) in [6.45, 7) is 6.99. The Hall–Kier alpha value is -0.800. The van der Waals surface area contributed by atoms with E-state index in [1.54, 1.807) is 12.1 Å². The van der Waals surface area contributed by atoms with Gasteiger partial charge in [0.1, 0.15) is 5.82 Å². The highest BCUT2D eigenvalue weighted by Gasteiger charge is 2.23. The molecule has 0 amide bonds. The van der Waals surface area contributed by atoms with Gasteiger partial charge in [-0.25, -0.2) is 4.39 Å². The predicted octanol–water partition coefficient (Wildman–Crippen LogP) is 3.30. The Morgan fingerprint density at radius 2 is 2.22 bits per heavy atom. The zero-order valence-electron chi connectivity index (χ0n) is 10.9. The second-order valence-electron chi connectivity index (χ2n) is 5.17. The lowest BCUT2D eigenvalue weighted by Crippen LogP contribution is -2.41. The SMILES string of the molecule is CC(C)C1CN(c2c(F)cccc2Cl)CCCN1. The van der Waals surface area contributed by atoms with Crippen molar-refractivity contribution < 1.29 is 4.39 Å². The standard InChI is InChI=1S/C14H20ClFN2/c1-10(2)13-9-18(8-4-7-17-13)14-11(15)5-3-6-12(14)16/h3,5-6,10,13,17H,4,7-9H2,1-2H3. The van der Waals surface area contributed by atoms with Crippen LogP contribution in [0.2, 0.25) is 5.02 Å². The van der Waals surface area contributed by atoms with Crippen LogP contribution in [0.25, 0.3) is 0 Å². The molecule has 1 unspecified atom stereocenters. The Morgan fingerprint density at radius 3 is 2.89 bits per heavy atom. The molecule has 1 saturated heterocycles. The van der Waals surface area contributed by atoms with Crippen molar-refractivity contribution in [2.75, 3.05) is 24.5 Å². The molecule has 1 N–H and O–H groups in total. The maximum atomic E-state index is 13.9. The Balaban J connectivity index is 2.25.